The molecule has 0 aromatic carbocycles. The van der Waals surface area contributed by atoms with Crippen LogP contribution in [-0.2, 0) is 23.9 Å². The van der Waals surface area contributed by atoms with Crippen LogP contribution in [0.5, 0.6) is 0 Å². The fourth-order valence-corrected chi connectivity index (χ4v) is 3.99. The van der Waals surface area contributed by atoms with Gasteiger partial charge in [-0.3, -0.25) is 14.4 Å². The van der Waals surface area contributed by atoms with Gasteiger partial charge in [0.05, 0.1) is 6.61 Å². The molecule has 6 nitrogen and oxygen atoms in total. The van der Waals surface area contributed by atoms with E-state index in [9.17, 15) is 14.4 Å². The summed E-state index contributed by atoms with van der Waals surface area (Å²) in [6, 6.07) is 0. The largest absolute Gasteiger partial charge is 0.465 e. The molecule has 1 fully saturated rings. The molecule has 0 radical (unpaired) electrons. The maximum absolute atomic E-state index is 11.8. The van der Waals surface area contributed by atoms with Gasteiger partial charge in [-0.25, -0.2) is 0 Å². The van der Waals surface area contributed by atoms with Crippen molar-refractivity contribution in [2.24, 2.45) is 11.8 Å². The first-order valence-electron chi connectivity index (χ1n) is 9.28. The highest BCUT2D eigenvalue weighted by Gasteiger charge is 2.48. The van der Waals surface area contributed by atoms with Gasteiger partial charge in [-0.2, -0.15) is 0 Å². The molecule has 25 heavy (non-hydrogen) atoms. The van der Waals surface area contributed by atoms with Crippen molar-refractivity contribution in [3.05, 3.63) is 0 Å². The van der Waals surface area contributed by atoms with Gasteiger partial charge in [0.1, 0.15) is 6.10 Å². The number of carbonyl (C=O) groups is 3. The molecule has 4 atom stereocenters. The van der Waals surface area contributed by atoms with Crippen molar-refractivity contribution in [3.63, 3.8) is 0 Å². The summed E-state index contributed by atoms with van der Waals surface area (Å²) in [7, 11) is 0. The summed E-state index contributed by atoms with van der Waals surface area (Å²) in [6.07, 6.45) is 5.34. The van der Waals surface area contributed by atoms with Crippen LogP contribution < -0.4 is 5.32 Å². The Hall–Kier alpha value is -1.59. The van der Waals surface area contributed by atoms with Crippen LogP contribution in [0, 0.1) is 11.8 Å². The van der Waals surface area contributed by atoms with Crippen molar-refractivity contribution < 1.29 is 23.9 Å². The van der Waals surface area contributed by atoms with E-state index in [2.05, 4.69) is 12.2 Å². The number of hydrogen-bond donors (Lipinski definition) is 1. The highest BCUT2D eigenvalue weighted by Crippen LogP contribution is 2.42. The second kappa shape index (κ2) is 9.78. The molecule has 0 heterocycles. The van der Waals surface area contributed by atoms with E-state index >= 15 is 0 Å². The van der Waals surface area contributed by atoms with Gasteiger partial charge in [0.2, 0.25) is 5.91 Å². The van der Waals surface area contributed by atoms with E-state index in [1.165, 1.54) is 20.8 Å². The third-order valence-corrected chi connectivity index (χ3v) is 5.21. The Kier molecular flexibility index (Phi) is 8.39. The van der Waals surface area contributed by atoms with Crippen LogP contribution in [0.2, 0.25) is 0 Å². The molecule has 0 bridgehead atoms. The topological polar surface area (TPSA) is 81.7 Å². The number of carbonyl (C=O) groups excluding carboxylic acids is 3. The minimum absolute atomic E-state index is 0.0926. The van der Waals surface area contributed by atoms with Crippen LogP contribution in [0.15, 0.2) is 0 Å². The normalized spacial score (nSPS) is 28.9. The van der Waals surface area contributed by atoms with Crippen molar-refractivity contribution >= 4 is 17.8 Å². The van der Waals surface area contributed by atoms with Crippen molar-refractivity contribution in [1.82, 2.24) is 5.32 Å². The molecule has 1 rings (SSSR count). The number of rotatable bonds is 8. The van der Waals surface area contributed by atoms with Gasteiger partial charge < -0.3 is 14.8 Å². The predicted octanol–water partition coefficient (Wildman–Crippen LogP) is 2.98. The van der Waals surface area contributed by atoms with Crippen LogP contribution in [0.25, 0.3) is 0 Å². The van der Waals surface area contributed by atoms with Gasteiger partial charge in [0.25, 0.3) is 0 Å². The fraction of sp³-hybridized carbons (Fsp3) is 0.842. The highest BCUT2D eigenvalue weighted by atomic mass is 16.5. The summed E-state index contributed by atoms with van der Waals surface area (Å²) >= 11 is 0. The van der Waals surface area contributed by atoms with Crippen LogP contribution in [0.4, 0.5) is 0 Å². The van der Waals surface area contributed by atoms with Crippen molar-refractivity contribution in [2.45, 2.75) is 84.8 Å². The third-order valence-electron chi connectivity index (χ3n) is 5.21. The Labute approximate surface area is 151 Å². The first-order chi connectivity index (χ1) is 11.7. The van der Waals surface area contributed by atoms with E-state index in [-0.39, 0.29) is 42.4 Å². The van der Waals surface area contributed by atoms with E-state index in [1.54, 1.807) is 0 Å². The van der Waals surface area contributed by atoms with Crippen LogP contribution in [0.3, 0.4) is 0 Å². The predicted molar refractivity (Wildman–Crippen MR) is 94.8 cm³/mol. The Balaban J connectivity index is 3.02. The monoisotopic (exact) mass is 355 g/mol. The van der Waals surface area contributed by atoms with E-state index < -0.39 is 5.54 Å². The van der Waals surface area contributed by atoms with Crippen molar-refractivity contribution in [2.75, 3.05) is 6.61 Å². The Morgan fingerprint density at radius 1 is 1.04 bits per heavy atom. The molecule has 1 aliphatic carbocycles. The summed E-state index contributed by atoms with van der Waals surface area (Å²) in [5.74, 6) is -0.664. The third kappa shape index (κ3) is 6.67. The molecule has 1 aliphatic rings. The average molecular weight is 355 g/mol. The number of esters is 2. The van der Waals surface area contributed by atoms with Crippen LogP contribution in [0.1, 0.15) is 73.1 Å². The molecule has 0 saturated heterocycles. The standard InChI is InChI=1S/C19H33NO5/c1-6-7-8-9-16-10-18(25-15(4)23)11-17(12-24-14(3)22)19(16,5)20-13(2)21/h16-18H,6-12H2,1-5H3,(H,20,21)/t16-,17-,18+,19-/m1/s1. The molecular weight excluding hydrogens is 322 g/mol. The molecule has 0 unspecified atom stereocenters. The molecule has 144 valence electrons. The highest BCUT2D eigenvalue weighted by molar-refractivity contribution is 5.74. The van der Waals surface area contributed by atoms with Gasteiger partial charge in [-0.1, -0.05) is 26.2 Å². The van der Waals surface area contributed by atoms with Crippen molar-refractivity contribution in [1.29, 1.82) is 0 Å². The van der Waals surface area contributed by atoms with E-state index in [4.69, 9.17) is 9.47 Å². The van der Waals surface area contributed by atoms with Gasteiger partial charge in [0.15, 0.2) is 0 Å². The zero-order valence-corrected chi connectivity index (χ0v) is 16.2. The average Bonchev–Trinajstić information content (AvgIpc) is 2.47. The smallest absolute Gasteiger partial charge is 0.302 e. The quantitative estimate of drug-likeness (QED) is 0.535. The zero-order valence-electron chi connectivity index (χ0n) is 16.2. The van der Waals surface area contributed by atoms with Crippen molar-refractivity contribution in [3.8, 4) is 0 Å². The Morgan fingerprint density at radius 2 is 1.68 bits per heavy atom. The molecule has 0 spiro atoms. The lowest BCUT2D eigenvalue weighted by Crippen LogP contribution is -2.61. The van der Waals surface area contributed by atoms with Gasteiger partial charge >= 0.3 is 11.9 Å². The van der Waals surface area contributed by atoms with E-state index in [0.29, 0.717) is 6.42 Å². The van der Waals surface area contributed by atoms with Crippen LogP contribution in [-0.4, -0.2) is 36.1 Å². The Morgan fingerprint density at radius 3 is 2.20 bits per heavy atom. The van der Waals surface area contributed by atoms with Gasteiger partial charge in [-0.15, -0.1) is 0 Å². The maximum atomic E-state index is 11.8. The molecule has 1 saturated carbocycles. The first kappa shape index (κ1) is 21.5. The Bertz CT molecular complexity index is 478. The first-order valence-corrected chi connectivity index (χ1v) is 9.28. The van der Waals surface area contributed by atoms with E-state index in [0.717, 1.165) is 32.1 Å². The summed E-state index contributed by atoms with van der Waals surface area (Å²) in [5, 5.41) is 3.11. The summed E-state index contributed by atoms with van der Waals surface area (Å²) in [6.45, 7) is 8.70. The SMILES string of the molecule is CCCCC[C@@H]1C[C@H](OC(C)=O)C[C@H](COC(C)=O)[C@]1(C)NC(C)=O. The fourth-order valence-electron chi connectivity index (χ4n) is 3.99. The minimum atomic E-state index is -0.480. The molecule has 6 heteroatoms. The second-order valence-electron chi connectivity index (χ2n) is 7.36. The number of ether oxygens (including phenoxy) is 2. The van der Waals surface area contributed by atoms with Crippen LogP contribution >= 0.6 is 0 Å². The lowest BCUT2D eigenvalue weighted by Gasteiger charge is -2.49. The lowest BCUT2D eigenvalue weighted by molar-refractivity contribution is -0.157. The summed E-state index contributed by atoms with van der Waals surface area (Å²) in [4.78, 5) is 34.5. The maximum Gasteiger partial charge on any atom is 0.302 e. The lowest BCUT2D eigenvalue weighted by atomic mass is 9.64. The van der Waals surface area contributed by atoms with Gasteiger partial charge in [0, 0.05) is 32.2 Å². The number of unbranched alkanes of at least 4 members (excludes halogenated alkanes) is 2. The molecule has 0 aliphatic heterocycles. The molecule has 0 aromatic heterocycles. The number of nitrogens with one attached hydrogen (secondary N) is 1. The molecular formula is C19H33NO5. The molecule has 0 aromatic rings. The minimum Gasteiger partial charge on any atom is -0.465 e. The number of amides is 1. The molecule has 1 N–H and O–H groups in total. The summed E-state index contributed by atoms with van der Waals surface area (Å²) < 4.78 is 10.7. The molecule has 1 amide bonds. The summed E-state index contributed by atoms with van der Waals surface area (Å²) in [5.41, 5.74) is -0.480. The zero-order chi connectivity index (χ0) is 19.0. The van der Waals surface area contributed by atoms with Gasteiger partial charge in [-0.05, 0) is 32.1 Å². The second-order valence-corrected chi connectivity index (χ2v) is 7.36. The van der Waals surface area contributed by atoms with E-state index in [1.807, 2.05) is 6.92 Å². The number of hydrogen-bond acceptors (Lipinski definition) is 5.